The maximum Gasteiger partial charge on any atom is 0.0340 e. The summed E-state index contributed by atoms with van der Waals surface area (Å²) in [6.45, 7) is 1.79. The van der Waals surface area contributed by atoms with Crippen molar-refractivity contribution in [3.05, 3.63) is 54.6 Å². The van der Waals surface area contributed by atoms with E-state index in [0.29, 0.717) is 5.41 Å². The van der Waals surface area contributed by atoms with E-state index in [2.05, 4.69) is 53.8 Å². The highest BCUT2D eigenvalue weighted by Crippen LogP contribution is 2.44. The minimum Gasteiger partial charge on any atom is -0.384 e. The molecule has 0 amide bonds. The first-order chi connectivity index (χ1) is 9.31. The molecular weight excluding hydrogens is 232 g/mol. The van der Waals surface area contributed by atoms with E-state index in [4.69, 9.17) is 5.73 Å². The van der Waals surface area contributed by atoms with Crippen LogP contribution in [0.3, 0.4) is 0 Å². The Morgan fingerprint density at radius 1 is 0.895 bits per heavy atom. The standard InChI is InChI=1S/C17H20N2/c18-12-17(10-11-17)13-19-16-8-6-15(7-9-16)14-4-2-1-3-5-14/h1-9,19H,10-13,18H2. The summed E-state index contributed by atoms with van der Waals surface area (Å²) in [5, 5.41) is 3.50. The Morgan fingerprint density at radius 3 is 2.11 bits per heavy atom. The van der Waals surface area contributed by atoms with Crippen LogP contribution in [0.2, 0.25) is 0 Å². The highest BCUT2D eigenvalue weighted by Gasteiger charge is 2.40. The first-order valence-corrected chi connectivity index (χ1v) is 6.91. The van der Waals surface area contributed by atoms with E-state index in [1.807, 2.05) is 6.07 Å². The topological polar surface area (TPSA) is 38.0 Å². The van der Waals surface area contributed by atoms with Crippen LogP contribution >= 0.6 is 0 Å². The minimum atomic E-state index is 0.373. The van der Waals surface area contributed by atoms with E-state index >= 15 is 0 Å². The van der Waals surface area contributed by atoms with Gasteiger partial charge in [-0.15, -0.1) is 0 Å². The van der Waals surface area contributed by atoms with Crippen LogP contribution in [0.5, 0.6) is 0 Å². The second kappa shape index (κ2) is 5.06. The number of anilines is 1. The third kappa shape index (κ3) is 2.79. The summed E-state index contributed by atoms with van der Waals surface area (Å²) in [6.07, 6.45) is 2.52. The quantitative estimate of drug-likeness (QED) is 0.854. The molecule has 0 aromatic heterocycles. The van der Waals surface area contributed by atoms with Crippen LogP contribution in [-0.2, 0) is 0 Å². The largest absolute Gasteiger partial charge is 0.384 e. The van der Waals surface area contributed by atoms with Crippen molar-refractivity contribution in [2.24, 2.45) is 11.1 Å². The maximum atomic E-state index is 5.79. The van der Waals surface area contributed by atoms with Crippen LogP contribution in [-0.4, -0.2) is 13.1 Å². The van der Waals surface area contributed by atoms with Gasteiger partial charge in [-0.1, -0.05) is 42.5 Å². The van der Waals surface area contributed by atoms with Gasteiger partial charge < -0.3 is 11.1 Å². The summed E-state index contributed by atoms with van der Waals surface area (Å²) in [7, 11) is 0. The molecule has 0 radical (unpaired) electrons. The first-order valence-electron chi connectivity index (χ1n) is 6.91. The van der Waals surface area contributed by atoms with Gasteiger partial charge in [0.25, 0.3) is 0 Å². The molecule has 0 atom stereocenters. The number of nitrogens with two attached hydrogens (primary N) is 1. The fraction of sp³-hybridized carbons (Fsp3) is 0.294. The molecule has 1 aliphatic rings. The smallest absolute Gasteiger partial charge is 0.0340 e. The highest BCUT2D eigenvalue weighted by molar-refractivity contribution is 5.65. The molecule has 0 spiro atoms. The molecule has 3 N–H and O–H groups in total. The molecule has 0 saturated heterocycles. The Bertz CT molecular complexity index is 527. The molecular formula is C17H20N2. The Hall–Kier alpha value is -1.80. The number of benzene rings is 2. The van der Waals surface area contributed by atoms with E-state index in [-0.39, 0.29) is 0 Å². The monoisotopic (exact) mass is 252 g/mol. The van der Waals surface area contributed by atoms with Gasteiger partial charge in [-0.25, -0.2) is 0 Å². The summed E-state index contributed by atoms with van der Waals surface area (Å²) in [6, 6.07) is 19.1. The summed E-state index contributed by atoms with van der Waals surface area (Å²) in [5.74, 6) is 0. The zero-order valence-electron chi connectivity index (χ0n) is 11.1. The summed E-state index contributed by atoms with van der Waals surface area (Å²) < 4.78 is 0. The predicted octanol–water partition coefficient (Wildman–Crippen LogP) is 3.50. The van der Waals surface area contributed by atoms with Crippen LogP contribution in [0.4, 0.5) is 5.69 Å². The molecule has 0 bridgehead atoms. The fourth-order valence-electron chi connectivity index (χ4n) is 2.33. The van der Waals surface area contributed by atoms with E-state index in [1.165, 1.54) is 29.7 Å². The molecule has 1 saturated carbocycles. The van der Waals surface area contributed by atoms with Crippen molar-refractivity contribution in [2.45, 2.75) is 12.8 Å². The van der Waals surface area contributed by atoms with Crippen LogP contribution < -0.4 is 11.1 Å². The molecule has 2 aromatic rings. The average molecular weight is 252 g/mol. The molecule has 1 fully saturated rings. The van der Waals surface area contributed by atoms with Gasteiger partial charge in [0.05, 0.1) is 0 Å². The van der Waals surface area contributed by atoms with Gasteiger partial charge in [-0.05, 0) is 48.1 Å². The highest BCUT2D eigenvalue weighted by atomic mass is 14.9. The summed E-state index contributed by atoms with van der Waals surface area (Å²) in [5.41, 5.74) is 9.86. The Morgan fingerprint density at radius 2 is 1.53 bits per heavy atom. The molecule has 3 rings (SSSR count). The number of hydrogen-bond acceptors (Lipinski definition) is 2. The predicted molar refractivity (Wildman–Crippen MR) is 81.1 cm³/mol. The van der Waals surface area contributed by atoms with Gasteiger partial charge in [0, 0.05) is 12.2 Å². The lowest BCUT2D eigenvalue weighted by Crippen LogP contribution is -2.24. The van der Waals surface area contributed by atoms with Crippen molar-refractivity contribution < 1.29 is 0 Å². The minimum absolute atomic E-state index is 0.373. The molecule has 0 aliphatic heterocycles. The van der Waals surface area contributed by atoms with Gasteiger partial charge in [0.15, 0.2) is 0 Å². The van der Waals surface area contributed by atoms with Crippen molar-refractivity contribution in [3.8, 4) is 11.1 Å². The van der Waals surface area contributed by atoms with Gasteiger partial charge in [0.1, 0.15) is 0 Å². The van der Waals surface area contributed by atoms with Crippen LogP contribution in [0.25, 0.3) is 11.1 Å². The normalized spacial score (nSPS) is 16.1. The van der Waals surface area contributed by atoms with Gasteiger partial charge in [-0.2, -0.15) is 0 Å². The Kier molecular flexibility index (Phi) is 3.26. The molecule has 2 heteroatoms. The van der Waals surface area contributed by atoms with E-state index in [0.717, 1.165) is 13.1 Å². The lowest BCUT2D eigenvalue weighted by atomic mass is 10.1. The fourth-order valence-corrected chi connectivity index (χ4v) is 2.33. The van der Waals surface area contributed by atoms with E-state index in [1.54, 1.807) is 0 Å². The van der Waals surface area contributed by atoms with Gasteiger partial charge in [-0.3, -0.25) is 0 Å². The average Bonchev–Trinajstić information content (AvgIpc) is 3.27. The van der Waals surface area contributed by atoms with E-state index in [9.17, 15) is 0 Å². The zero-order chi connectivity index (χ0) is 13.1. The van der Waals surface area contributed by atoms with Crippen molar-refractivity contribution in [1.82, 2.24) is 0 Å². The Balaban J connectivity index is 1.66. The lowest BCUT2D eigenvalue weighted by Gasteiger charge is -2.14. The molecule has 0 unspecified atom stereocenters. The number of hydrogen-bond donors (Lipinski definition) is 2. The third-order valence-electron chi connectivity index (χ3n) is 4.05. The van der Waals surface area contributed by atoms with Crippen molar-refractivity contribution >= 4 is 5.69 Å². The number of rotatable bonds is 5. The molecule has 98 valence electrons. The van der Waals surface area contributed by atoms with Crippen molar-refractivity contribution in [3.63, 3.8) is 0 Å². The van der Waals surface area contributed by atoms with Gasteiger partial charge in [0.2, 0.25) is 0 Å². The zero-order valence-corrected chi connectivity index (χ0v) is 11.1. The molecule has 2 nitrogen and oxygen atoms in total. The molecule has 2 aromatic carbocycles. The second-order valence-electron chi connectivity index (χ2n) is 5.50. The van der Waals surface area contributed by atoms with E-state index < -0.39 is 0 Å². The Labute approximate surface area is 114 Å². The lowest BCUT2D eigenvalue weighted by molar-refractivity contribution is 0.556. The van der Waals surface area contributed by atoms with Crippen molar-refractivity contribution in [1.29, 1.82) is 0 Å². The van der Waals surface area contributed by atoms with Crippen LogP contribution in [0.15, 0.2) is 54.6 Å². The molecule has 1 aliphatic carbocycles. The van der Waals surface area contributed by atoms with Gasteiger partial charge >= 0.3 is 0 Å². The number of nitrogens with one attached hydrogen (secondary N) is 1. The summed E-state index contributed by atoms with van der Waals surface area (Å²) in [4.78, 5) is 0. The summed E-state index contributed by atoms with van der Waals surface area (Å²) >= 11 is 0. The first kappa shape index (κ1) is 12.2. The second-order valence-corrected chi connectivity index (χ2v) is 5.50. The molecule has 19 heavy (non-hydrogen) atoms. The molecule has 0 heterocycles. The van der Waals surface area contributed by atoms with Crippen LogP contribution in [0.1, 0.15) is 12.8 Å². The van der Waals surface area contributed by atoms with Crippen LogP contribution in [0, 0.1) is 5.41 Å². The van der Waals surface area contributed by atoms with Crippen molar-refractivity contribution in [2.75, 3.05) is 18.4 Å². The third-order valence-corrected chi connectivity index (χ3v) is 4.05. The maximum absolute atomic E-state index is 5.79. The SMILES string of the molecule is NCC1(CNc2ccc(-c3ccccc3)cc2)CC1.